The van der Waals surface area contributed by atoms with Crippen LogP contribution in [0.2, 0.25) is 0 Å². The fourth-order valence-electron chi connectivity index (χ4n) is 1.09. The molecule has 0 aliphatic carbocycles. The zero-order valence-corrected chi connectivity index (χ0v) is 9.23. The maximum Gasteiger partial charge on any atom is 0.214 e. The van der Waals surface area contributed by atoms with Crippen LogP contribution in [0.1, 0.15) is 31.3 Å². The summed E-state index contributed by atoms with van der Waals surface area (Å²) in [6.07, 6.45) is 0.0400. The molecule has 0 aromatic carbocycles. The van der Waals surface area contributed by atoms with Crippen molar-refractivity contribution in [1.29, 1.82) is 0 Å². The Bertz CT molecular complexity index is 348. The van der Waals surface area contributed by atoms with E-state index in [0.29, 0.717) is 11.6 Å². The minimum absolute atomic E-state index is 0.0400. The Balaban J connectivity index is 2.87. The third-order valence-electron chi connectivity index (χ3n) is 1.75. The van der Waals surface area contributed by atoms with Gasteiger partial charge in [-0.2, -0.15) is 0 Å². The number of hydrogen-bond acceptors (Lipinski definition) is 4. The molecule has 4 heteroatoms. The summed E-state index contributed by atoms with van der Waals surface area (Å²) in [6.45, 7) is 5.45. The highest BCUT2D eigenvalue weighted by molar-refractivity contribution is 5.98. The molecule has 0 aliphatic rings. The second-order valence-corrected chi connectivity index (χ2v) is 3.68. The Kier molecular flexibility index (Phi) is 3.80. The molecule has 1 rings (SSSR count). The summed E-state index contributed by atoms with van der Waals surface area (Å²) >= 11 is 0. The van der Waals surface area contributed by atoms with Crippen molar-refractivity contribution < 1.29 is 9.53 Å². The number of aromatic nitrogens is 1. The van der Waals surface area contributed by atoms with Gasteiger partial charge in [0.1, 0.15) is 5.69 Å². The van der Waals surface area contributed by atoms with E-state index in [-0.39, 0.29) is 11.9 Å². The highest BCUT2D eigenvalue weighted by Crippen LogP contribution is 2.10. The summed E-state index contributed by atoms with van der Waals surface area (Å²) in [5.41, 5.74) is 5.84. The van der Waals surface area contributed by atoms with Gasteiger partial charge in [-0.05, 0) is 26.8 Å². The summed E-state index contributed by atoms with van der Waals surface area (Å²) in [5.74, 6) is 0.278. The molecule has 1 atom stereocenters. The second kappa shape index (κ2) is 4.89. The number of nitrogens with two attached hydrogens (primary N) is 1. The number of nitrogens with zero attached hydrogens (tertiary/aromatic N) is 1. The zero-order valence-electron chi connectivity index (χ0n) is 9.23. The first-order chi connectivity index (χ1) is 7.00. The Morgan fingerprint density at radius 1 is 1.40 bits per heavy atom. The Hall–Kier alpha value is -1.42. The molecule has 1 aromatic rings. The van der Waals surface area contributed by atoms with Gasteiger partial charge in [-0.3, -0.25) is 4.79 Å². The third kappa shape index (κ3) is 3.32. The number of hydrogen-bond donors (Lipinski definition) is 1. The summed E-state index contributed by atoms with van der Waals surface area (Å²) in [7, 11) is 0. The molecule has 0 spiro atoms. The lowest BCUT2D eigenvalue weighted by Crippen LogP contribution is -2.27. The van der Waals surface area contributed by atoms with Crippen LogP contribution in [0, 0.1) is 0 Å². The lowest BCUT2D eigenvalue weighted by Gasteiger charge is -2.09. The van der Waals surface area contributed by atoms with Gasteiger partial charge in [0.2, 0.25) is 5.88 Å². The van der Waals surface area contributed by atoms with Gasteiger partial charge in [0.15, 0.2) is 5.78 Å². The topological polar surface area (TPSA) is 65.2 Å². The molecule has 0 radical (unpaired) electrons. The summed E-state index contributed by atoms with van der Waals surface area (Å²) in [4.78, 5) is 15.6. The number of carbonyl (C=O) groups excluding carboxylic acids is 1. The summed E-state index contributed by atoms with van der Waals surface area (Å²) < 4.78 is 5.38. The van der Waals surface area contributed by atoms with E-state index < -0.39 is 6.04 Å². The first-order valence-electron chi connectivity index (χ1n) is 4.94. The monoisotopic (exact) mass is 208 g/mol. The molecular weight excluding hydrogens is 192 g/mol. The fraction of sp³-hybridized carbons (Fsp3) is 0.455. The van der Waals surface area contributed by atoms with E-state index in [9.17, 15) is 4.79 Å². The molecule has 0 aliphatic heterocycles. The first kappa shape index (κ1) is 11.7. The number of Topliss-reactive ketones (excluding diaryl/α,β-unsaturated/α-hetero) is 1. The van der Waals surface area contributed by atoms with Crippen molar-refractivity contribution in [3.8, 4) is 5.88 Å². The molecule has 1 unspecified atom stereocenters. The zero-order chi connectivity index (χ0) is 11.4. The smallest absolute Gasteiger partial charge is 0.214 e. The average molecular weight is 208 g/mol. The van der Waals surface area contributed by atoms with Crippen LogP contribution in [0.25, 0.3) is 0 Å². The van der Waals surface area contributed by atoms with E-state index in [1.54, 1.807) is 25.1 Å². The van der Waals surface area contributed by atoms with Crippen molar-refractivity contribution in [1.82, 2.24) is 4.98 Å². The number of carbonyl (C=O) groups is 1. The van der Waals surface area contributed by atoms with Crippen LogP contribution in [-0.4, -0.2) is 22.9 Å². The second-order valence-electron chi connectivity index (χ2n) is 3.68. The summed E-state index contributed by atoms with van der Waals surface area (Å²) in [5, 5.41) is 0. The van der Waals surface area contributed by atoms with Gasteiger partial charge in [-0.1, -0.05) is 6.07 Å². The van der Waals surface area contributed by atoms with Crippen molar-refractivity contribution in [2.24, 2.45) is 5.73 Å². The highest BCUT2D eigenvalue weighted by atomic mass is 16.5. The van der Waals surface area contributed by atoms with E-state index in [2.05, 4.69) is 4.98 Å². The Labute approximate surface area is 89.5 Å². The third-order valence-corrected chi connectivity index (χ3v) is 1.75. The lowest BCUT2D eigenvalue weighted by molar-refractivity contribution is 0.0961. The Morgan fingerprint density at radius 3 is 2.60 bits per heavy atom. The van der Waals surface area contributed by atoms with Crippen LogP contribution in [0.4, 0.5) is 0 Å². The van der Waals surface area contributed by atoms with Crippen LogP contribution < -0.4 is 10.5 Å². The predicted octanol–water partition coefficient (Wildman–Crippen LogP) is 1.40. The van der Waals surface area contributed by atoms with Crippen molar-refractivity contribution in [2.45, 2.75) is 32.9 Å². The minimum atomic E-state index is -0.535. The number of pyridine rings is 1. The quantitative estimate of drug-likeness (QED) is 0.759. The van der Waals surface area contributed by atoms with Crippen LogP contribution >= 0.6 is 0 Å². The predicted molar refractivity (Wildman–Crippen MR) is 58.0 cm³/mol. The standard InChI is InChI=1S/C11H16N2O2/c1-7(2)15-10-6-4-5-9(13-10)11(14)8(3)12/h4-8H,12H2,1-3H3. The molecule has 15 heavy (non-hydrogen) atoms. The maximum atomic E-state index is 11.5. The van der Waals surface area contributed by atoms with Gasteiger partial charge < -0.3 is 10.5 Å². The van der Waals surface area contributed by atoms with Crippen LogP contribution in [0.3, 0.4) is 0 Å². The molecule has 1 aromatic heterocycles. The van der Waals surface area contributed by atoms with E-state index in [1.165, 1.54) is 0 Å². The van der Waals surface area contributed by atoms with Crippen molar-refractivity contribution in [3.05, 3.63) is 23.9 Å². The fourth-order valence-corrected chi connectivity index (χ4v) is 1.09. The molecular formula is C11H16N2O2. The largest absolute Gasteiger partial charge is 0.475 e. The molecule has 0 fully saturated rings. The van der Waals surface area contributed by atoms with Crippen molar-refractivity contribution in [3.63, 3.8) is 0 Å². The molecule has 2 N–H and O–H groups in total. The van der Waals surface area contributed by atoms with Gasteiger partial charge in [-0.25, -0.2) is 4.98 Å². The Morgan fingerprint density at radius 2 is 2.07 bits per heavy atom. The van der Waals surface area contributed by atoms with E-state index in [1.807, 2.05) is 13.8 Å². The maximum absolute atomic E-state index is 11.5. The molecule has 0 saturated heterocycles. The van der Waals surface area contributed by atoms with Gasteiger partial charge in [0.25, 0.3) is 0 Å². The van der Waals surface area contributed by atoms with Gasteiger partial charge in [0, 0.05) is 6.07 Å². The van der Waals surface area contributed by atoms with Gasteiger partial charge in [0.05, 0.1) is 12.1 Å². The van der Waals surface area contributed by atoms with Gasteiger partial charge >= 0.3 is 0 Å². The van der Waals surface area contributed by atoms with Crippen molar-refractivity contribution in [2.75, 3.05) is 0 Å². The molecule has 0 saturated carbocycles. The number of ketones is 1. The minimum Gasteiger partial charge on any atom is -0.475 e. The highest BCUT2D eigenvalue weighted by Gasteiger charge is 2.13. The van der Waals surface area contributed by atoms with Gasteiger partial charge in [-0.15, -0.1) is 0 Å². The molecule has 82 valence electrons. The van der Waals surface area contributed by atoms with E-state index in [0.717, 1.165) is 0 Å². The first-order valence-corrected chi connectivity index (χ1v) is 4.94. The number of ether oxygens (including phenoxy) is 1. The van der Waals surface area contributed by atoms with Crippen LogP contribution in [-0.2, 0) is 0 Å². The average Bonchev–Trinajstić information content (AvgIpc) is 2.16. The van der Waals surface area contributed by atoms with E-state index >= 15 is 0 Å². The number of rotatable bonds is 4. The van der Waals surface area contributed by atoms with Crippen molar-refractivity contribution >= 4 is 5.78 Å². The molecule has 1 heterocycles. The SMILES string of the molecule is CC(C)Oc1cccc(C(=O)C(C)N)n1. The van der Waals surface area contributed by atoms with E-state index in [4.69, 9.17) is 10.5 Å². The van der Waals surface area contributed by atoms with Crippen LogP contribution in [0.5, 0.6) is 5.88 Å². The lowest BCUT2D eigenvalue weighted by atomic mass is 10.1. The summed E-state index contributed by atoms with van der Waals surface area (Å²) in [6, 6.07) is 4.56. The molecule has 0 bridgehead atoms. The molecule has 0 amide bonds. The van der Waals surface area contributed by atoms with Crippen LogP contribution in [0.15, 0.2) is 18.2 Å². The normalized spacial score (nSPS) is 12.6. The molecule has 4 nitrogen and oxygen atoms in total.